The predicted molar refractivity (Wildman–Crippen MR) is 88.9 cm³/mol. The normalized spacial score (nSPS) is 10.7. The van der Waals surface area contributed by atoms with E-state index in [0.717, 1.165) is 11.1 Å². The topological polar surface area (TPSA) is 44.1 Å². The summed E-state index contributed by atoms with van der Waals surface area (Å²) in [5.41, 5.74) is 2.42. The molecular formula is C19H17FN2O2. The van der Waals surface area contributed by atoms with Crippen LogP contribution in [0.4, 0.5) is 4.39 Å². The van der Waals surface area contributed by atoms with Crippen LogP contribution in [-0.2, 0) is 24.5 Å². The smallest absolute Gasteiger partial charge is 0.267 e. The predicted octanol–water partition coefficient (Wildman–Crippen LogP) is 3.15. The number of aromatic nitrogens is 2. The SMILES string of the molecule is O=c1ccc(COCc2ccc(F)cc2)nn1Cc1ccccc1. The summed E-state index contributed by atoms with van der Waals surface area (Å²) in [5, 5.41) is 4.33. The Morgan fingerprint density at radius 1 is 0.875 bits per heavy atom. The van der Waals surface area contributed by atoms with Gasteiger partial charge in [-0.15, -0.1) is 0 Å². The van der Waals surface area contributed by atoms with Crippen molar-refractivity contribution in [2.24, 2.45) is 0 Å². The zero-order valence-corrected chi connectivity index (χ0v) is 13.1. The highest BCUT2D eigenvalue weighted by Crippen LogP contribution is 2.06. The number of hydrogen-bond donors (Lipinski definition) is 0. The fourth-order valence-corrected chi connectivity index (χ4v) is 2.29. The average molecular weight is 324 g/mol. The van der Waals surface area contributed by atoms with E-state index in [1.165, 1.54) is 22.9 Å². The lowest BCUT2D eigenvalue weighted by Gasteiger charge is -2.08. The molecule has 0 saturated carbocycles. The van der Waals surface area contributed by atoms with Crippen molar-refractivity contribution in [2.45, 2.75) is 19.8 Å². The fraction of sp³-hybridized carbons (Fsp3) is 0.158. The van der Waals surface area contributed by atoms with Gasteiger partial charge in [-0.2, -0.15) is 5.10 Å². The highest BCUT2D eigenvalue weighted by molar-refractivity contribution is 5.16. The molecule has 3 rings (SSSR count). The number of benzene rings is 2. The minimum Gasteiger partial charge on any atom is -0.370 e. The maximum Gasteiger partial charge on any atom is 0.267 e. The summed E-state index contributed by atoms with van der Waals surface area (Å²) >= 11 is 0. The zero-order valence-electron chi connectivity index (χ0n) is 13.1. The van der Waals surface area contributed by atoms with E-state index >= 15 is 0 Å². The molecule has 0 saturated heterocycles. The van der Waals surface area contributed by atoms with Gasteiger partial charge in [0.1, 0.15) is 5.82 Å². The Bertz CT molecular complexity index is 845. The van der Waals surface area contributed by atoms with Crippen LogP contribution in [0.5, 0.6) is 0 Å². The van der Waals surface area contributed by atoms with Crippen molar-refractivity contribution < 1.29 is 9.13 Å². The summed E-state index contributed by atoms with van der Waals surface area (Å²) in [5.74, 6) is -0.270. The van der Waals surface area contributed by atoms with Crippen molar-refractivity contribution in [2.75, 3.05) is 0 Å². The molecule has 0 bridgehead atoms. The van der Waals surface area contributed by atoms with Crippen molar-refractivity contribution in [1.82, 2.24) is 9.78 Å². The summed E-state index contributed by atoms with van der Waals surface area (Å²) in [6, 6.07) is 19.0. The maximum absolute atomic E-state index is 12.9. The molecule has 2 aromatic carbocycles. The molecule has 122 valence electrons. The van der Waals surface area contributed by atoms with Gasteiger partial charge in [0.05, 0.1) is 25.5 Å². The summed E-state index contributed by atoms with van der Waals surface area (Å²) in [7, 11) is 0. The second kappa shape index (κ2) is 7.66. The van der Waals surface area contributed by atoms with Crippen LogP contribution in [0, 0.1) is 5.82 Å². The van der Waals surface area contributed by atoms with Crippen LogP contribution in [0.25, 0.3) is 0 Å². The molecule has 0 N–H and O–H groups in total. The second-order valence-corrected chi connectivity index (χ2v) is 5.43. The standard InChI is InChI=1S/C19H17FN2O2/c20-17-8-6-16(7-9-17)13-24-14-18-10-11-19(23)22(21-18)12-15-4-2-1-3-5-15/h1-11H,12-14H2. The Balaban J connectivity index is 1.63. The Kier molecular flexibility index (Phi) is 5.13. The molecule has 0 spiro atoms. The molecule has 1 aromatic heterocycles. The summed E-state index contributed by atoms with van der Waals surface area (Å²) in [4.78, 5) is 11.9. The van der Waals surface area contributed by atoms with Crippen molar-refractivity contribution in [3.05, 3.63) is 99.7 Å². The first kappa shape index (κ1) is 16.1. The lowest BCUT2D eigenvalue weighted by atomic mass is 10.2. The van der Waals surface area contributed by atoms with Crippen molar-refractivity contribution in [3.63, 3.8) is 0 Å². The van der Waals surface area contributed by atoms with E-state index in [4.69, 9.17) is 4.74 Å². The second-order valence-electron chi connectivity index (χ2n) is 5.43. The molecule has 0 unspecified atom stereocenters. The number of halogens is 1. The minimum atomic E-state index is -0.270. The van der Waals surface area contributed by atoms with Gasteiger partial charge < -0.3 is 4.74 Å². The van der Waals surface area contributed by atoms with E-state index in [2.05, 4.69) is 5.10 Å². The van der Waals surface area contributed by atoms with E-state index in [9.17, 15) is 9.18 Å². The summed E-state index contributed by atoms with van der Waals surface area (Å²) < 4.78 is 19.9. The number of nitrogens with zero attached hydrogens (tertiary/aromatic N) is 2. The molecule has 24 heavy (non-hydrogen) atoms. The fourth-order valence-electron chi connectivity index (χ4n) is 2.29. The van der Waals surface area contributed by atoms with Gasteiger partial charge in [-0.1, -0.05) is 42.5 Å². The average Bonchev–Trinajstić information content (AvgIpc) is 2.60. The Hall–Kier alpha value is -2.79. The van der Waals surface area contributed by atoms with Crippen LogP contribution in [0.3, 0.4) is 0 Å². The van der Waals surface area contributed by atoms with E-state index in [1.807, 2.05) is 30.3 Å². The molecule has 0 radical (unpaired) electrons. The molecule has 0 aliphatic heterocycles. The van der Waals surface area contributed by atoms with Gasteiger partial charge in [-0.25, -0.2) is 9.07 Å². The Morgan fingerprint density at radius 2 is 1.62 bits per heavy atom. The first-order valence-electron chi connectivity index (χ1n) is 7.64. The van der Waals surface area contributed by atoms with Gasteiger partial charge in [0, 0.05) is 6.07 Å². The highest BCUT2D eigenvalue weighted by atomic mass is 19.1. The van der Waals surface area contributed by atoms with Crippen LogP contribution in [0.2, 0.25) is 0 Å². The Morgan fingerprint density at radius 3 is 2.38 bits per heavy atom. The minimum absolute atomic E-state index is 0.152. The third-order valence-electron chi connectivity index (χ3n) is 3.53. The van der Waals surface area contributed by atoms with E-state index in [0.29, 0.717) is 18.8 Å². The first-order valence-corrected chi connectivity index (χ1v) is 7.64. The van der Waals surface area contributed by atoms with Gasteiger partial charge in [-0.3, -0.25) is 4.79 Å². The molecule has 0 amide bonds. The zero-order chi connectivity index (χ0) is 16.8. The molecule has 0 fully saturated rings. The van der Waals surface area contributed by atoms with E-state index in [-0.39, 0.29) is 18.0 Å². The van der Waals surface area contributed by atoms with Gasteiger partial charge >= 0.3 is 0 Å². The van der Waals surface area contributed by atoms with Crippen LogP contribution < -0.4 is 5.56 Å². The van der Waals surface area contributed by atoms with E-state index < -0.39 is 0 Å². The van der Waals surface area contributed by atoms with Crippen LogP contribution in [-0.4, -0.2) is 9.78 Å². The largest absolute Gasteiger partial charge is 0.370 e. The van der Waals surface area contributed by atoms with Crippen molar-refractivity contribution >= 4 is 0 Å². The molecule has 0 aliphatic rings. The van der Waals surface area contributed by atoms with Crippen molar-refractivity contribution in [3.8, 4) is 0 Å². The third-order valence-corrected chi connectivity index (χ3v) is 3.53. The van der Waals surface area contributed by atoms with Crippen molar-refractivity contribution in [1.29, 1.82) is 0 Å². The quantitative estimate of drug-likeness (QED) is 0.700. The third kappa shape index (κ3) is 4.36. The highest BCUT2D eigenvalue weighted by Gasteiger charge is 2.03. The Labute approximate surface area is 139 Å². The molecule has 5 heteroatoms. The molecule has 0 atom stereocenters. The molecule has 3 aromatic rings. The lowest BCUT2D eigenvalue weighted by Crippen LogP contribution is -2.23. The van der Waals surface area contributed by atoms with Gasteiger partial charge in [0.2, 0.25) is 0 Å². The van der Waals surface area contributed by atoms with Crippen LogP contribution >= 0.6 is 0 Å². The molecular weight excluding hydrogens is 307 g/mol. The maximum atomic E-state index is 12.9. The van der Waals surface area contributed by atoms with Crippen LogP contribution in [0.15, 0.2) is 71.5 Å². The molecule has 1 heterocycles. The number of ether oxygens (including phenoxy) is 1. The monoisotopic (exact) mass is 324 g/mol. The van der Waals surface area contributed by atoms with Gasteiger partial charge in [0.15, 0.2) is 0 Å². The number of hydrogen-bond acceptors (Lipinski definition) is 3. The van der Waals surface area contributed by atoms with E-state index in [1.54, 1.807) is 18.2 Å². The summed E-state index contributed by atoms with van der Waals surface area (Å²) in [6.45, 7) is 1.07. The molecule has 4 nitrogen and oxygen atoms in total. The van der Waals surface area contributed by atoms with Gasteiger partial charge in [-0.05, 0) is 29.3 Å². The number of rotatable bonds is 6. The lowest BCUT2D eigenvalue weighted by molar-refractivity contribution is 0.103. The van der Waals surface area contributed by atoms with Gasteiger partial charge in [0.25, 0.3) is 5.56 Å². The molecule has 0 aliphatic carbocycles. The van der Waals surface area contributed by atoms with Crippen LogP contribution in [0.1, 0.15) is 16.8 Å². The first-order chi connectivity index (χ1) is 11.7. The summed E-state index contributed by atoms with van der Waals surface area (Å²) in [6.07, 6.45) is 0.